The van der Waals surface area contributed by atoms with Gasteiger partial charge in [-0.2, -0.15) is 0 Å². The van der Waals surface area contributed by atoms with Gasteiger partial charge in [-0.1, -0.05) is 17.9 Å². The lowest BCUT2D eigenvalue weighted by atomic mass is 10.1. The number of benzene rings is 1. The molecule has 2 rings (SSSR count). The lowest BCUT2D eigenvalue weighted by Crippen LogP contribution is -2.11. The van der Waals surface area contributed by atoms with E-state index in [4.69, 9.17) is 21.1 Å². The molecule has 0 spiro atoms. The molecule has 1 heterocycles. The maximum Gasteiger partial charge on any atom is 0.291 e. The molecule has 4 nitrogen and oxygen atoms in total. The number of aliphatic hydroxyl groups excluding tert-OH is 1. The summed E-state index contributed by atoms with van der Waals surface area (Å²) in [7, 11) is 0. The van der Waals surface area contributed by atoms with Crippen molar-refractivity contribution in [2.24, 2.45) is 0 Å². The van der Waals surface area contributed by atoms with E-state index in [1.165, 1.54) is 12.1 Å². The van der Waals surface area contributed by atoms with Gasteiger partial charge >= 0.3 is 0 Å². The summed E-state index contributed by atoms with van der Waals surface area (Å²) in [5.74, 6) is 5.10. The highest BCUT2D eigenvalue weighted by Gasteiger charge is 2.12. The van der Waals surface area contributed by atoms with Crippen LogP contribution < -0.4 is 5.32 Å². The third-order valence-corrected chi connectivity index (χ3v) is 2.80. The van der Waals surface area contributed by atoms with Gasteiger partial charge in [0.05, 0.1) is 0 Å². The number of anilines is 1. The fraction of sp³-hybridized carbons (Fsp3) is 0.133. The Labute approximate surface area is 121 Å². The van der Waals surface area contributed by atoms with Gasteiger partial charge in [0, 0.05) is 11.3 Å². The number of rotatable bonds is 2. The lowest BCUT2D eigenvalue weighted by Gasteiger charge is -2.07. The molecule has 2 aromatic rings. The second-order valence-corrected chi connectivity index (χ2v) is 4.42. The topological polar surface area (TPSA) is 62.5 Å². The largest absolute Gasteiger partial charge is 0.440 e. The molecule has 0 unspecified atom stereocenters. The minimum atomic E-state index is -0.382. The number of aryl methyl sites for hydroxylation is 1. The average Bonchev–Trinajstić information content (AvgIpc) is 2.86. The van der Waals surface area contributed by atoms with Gasteiger partial charge in [-0.25, -0.2) is 0 Å². The van der Waals surface area contributed by atoms with Crippen LogP contribution in [-0.2, 0) is 0 Å². The Morgan fingerprint density at radius 2 is 2.20 bits per heavy atom. The molecular weight excluding hydrogens is 278 g/mol. The van der Waals surface area contributed by atoms with Crippen LogP contribution in [0.25, 0.3) is 0 Å². The SMILES string of the molecule is Cc1ccc(C#CCO)cc1NC(=O)c1ccc(Cl)o1. The van der Waals surface area contributed by atoms with Gasteiger partial charge in [0.15, 0.2) is 11.0 Å². The van der Waals surface area contributed by atoms with Crippen LogP contribution in [0.1, 0.15) is 21.7 Å². The summed E-state index contributed by atoms with van der Waals surface area (Å²) in [4.78, 5) is 12.0. The van der Waals surface area contributed by atoms with Crippen molar-refractivity contribution < 1.29 is 14.3 Å². The number of carbonyl (C=O) groups excluding carboxylic acids is 1. The second-order valence-electron chi connectivity index (χ2n) is 4.05. The monoisotopic (exact) mass is 289 g/mol. The predicted octanol–water partition coefficient (Wildman–Crippen LogP) is 2.84. The van der Waals surface area contributed by atoms with Crippen molar-refractivity contribution in [3.05, 3.63) is 52.4 Å². The molecule has 0 fully saturated rings. The van der Waals surface area contributed by atoms with Gasteiger partial charge in [-0.05, 0) is 48.4 Å². The van der Waals surface area contributed by atoms with Crippen LogP contribution in [0.4, 0.5) is 5.69 Å². The molecule has 5 heteroatoms. The molecule has 0 aliphatic heterocycles. The number of aliphatic hydroxyl groups is 1. The minimum absolute atomic E-state index is 0.140. The van der Waals surface area contributed by atoms with Crippen molar-refractivity contribution in [3.8, 4) is 11.8 Å². The number of hydrogen-bond acceptors (Lipinski definition) is 3. The van der Waals surface area contributed by atoms with Crippen LogP contribution in [0.15, 0.2) is 34.7 Å². The van der Waals surface area contributed by atoms with Crippen LogP contribution in [0.5, 0.6) is 0 Å². The molecule has 0 bridgehead atoms. The minimum Gasteiger partial charge on any atom is -0.440 e. The van der Waals surface area contributed by atoms with Crippen molar-refractivity contribution in [1.29, 1.82) is 0 Å². The van der Waals surface area contributed by atoms with Crippen LogP contribution in [0.2, 0.25) is 5.22 Å². The fourth-order valence-corrected chi connectivity index (χ4v) is 1.74. The third-order valence-electron chi connectivity index (χ3n) is 2.59. The van der Waals surface area contributed by atoms with E-state index in [1.807, 2.05) is 19.1 Å². The lowest BCUT2D eigenvalue weighted by molar-refractivity contribution is 0.0996. The Balaban J connectivity index is 2.22. The molecule has 0 saturated carbocycles. The summed E-state index contributed by atoms with van der Waals surface area (Å²) < 4.78 is 5.04. The first-order chi connectivity index (χ1) is 9.60. The first-order valence-corrected chi connectivity index (χ1v) is 6.25. The van der Waals surface area contributed by atoms with Crippen molar-refractivity contribution in [3.63, 3.8) is 0 Å². The van der Waals surface area contributed by atoms with Crippen LogP contribution in [0.3, 0.4) is 0 Å². The van der Waals surface area contributed by atoms with Gasteiger partial charge in [0.25, 0.3) is 5.91 Å². The molecule has 2 N–H and O–H groups in total. The van der Waals surface area contributed by atoms with E-state index in [9.17, 15) is 4.79 Å². The summed E-state index contributed by atoms with van der Waals surface area (Å²) in [6, 6.07) is 8.40. The van der Waals surface area contributed by atoms with Crippen molar-refractivity contribution in [2.75, 3.05) is 11.9 Å². The first kappa shape index (κ1) is 14.2. The summed E-state index contributed by atoms with van der Waals surface area (Å²) in [5.41, 5.74) is 2.23. The maximum absolute atomic E-state index is 12.0. The van der Waals surface area contributed by atoms with E-state index in [1.54, 1.807) is 6.07 Å². The molecule has 20 heavy (non-hydrogen) atoms. The van der Waals surface area contributed by atoms with Gasteiger partial charge in [-0.15, -0.1) is 0 Å². The normalized spacial score (nSPS) is 9.75. The standard InChI is InChI=1S/C15H12ClNO3/c1-10-4-5-11(3-2-8-18)9-12(10)17-15(19)13-6-7-14(16)20-13/h4-7,9,18H,8H2,1H3,(H,17,19). The molecule has 1 aromatic carbocycles. The van der Waals surface area contributed by atoms with E-state index in [0.29, 0.717) is 11.3 Å². The number of nitrogens with one attached hydrogen (secondary N) is 1. The van der Waals surface area contributed by atoms with Crippen LogP contribution >= 0.6 is 11.6 Å². The van der Waals surface area contributed by atoms with Crippen molar-refractivity contribution in [1.82, 2.24) is 0 Å². The molecule has 0 aliphatic carbocycles. The summed E-state index contributed by atoms with van der Waals surface area (Å²) >= 11 is 5.63. The highest BCUT2D eigenvalue weighted by atomic mass is 35.5. The summed E-state index contributed by atoms with van der Waals surface area (Å²) in [5, 5.41) is 11.6. The Morgan fingerprint density at radius 3 is 2.85 bits per heavy atom. The highest BCUT2D eigenvalue weighted by molar-refractivity contribution is 6.29. The molecule has 1 aromatic heterocycles. The molecule has 0 atom stereocenters. The quantitative estimate of drug-likeness (QED) is 0.836. The Morgan fingerprint density at radius 1 is 1.40 bits per heavy atom. The van der Waals surface area contributed by atoms with Crippen molar-refractivity contribution >= 4 is 23.2 Å². The highest BCUT2D eigenvalue weighted by Crippen LogP contribution is 2.19. The molecule has 102 valence electrons. The molecule has 0 aliphatic rings. The van der Waals surface area contributed by atoms with E-state index in [2.05, 4.69) is 17.2 Å². The number of carbonyl (C=O) groups is 1. The molecule has 0 saturated heterocycles. The zero-order valence-corrected chi connectivity index (χ0v) is 11.5. The first-order valence-electron chi connectivity index (χ1n) is 5.87. The van der Waals surface area contributed by atoms with E-state index in [-0.39, 0.29) is 23.5 Å². The van der Waals surface area contributed by atoms with E-state index >= 15 is 0 Å². The Bertz CT molecular complexity index is 695. The molecular formula is C15H12ClNO3. The fourth-order valence-electron chi connectivity index (χ4n) is 1.60. The average molecular weight is 290 g/mol. The third kappa shape index (κ3) is 3.41. The van der Waals surface area contributed by atoms with Gasteiger partial charge in [0.1, 0.15) is 6.61 Å². The number of amides is 1. The molecule has 0 radical (unpaired) electrons. The summed E-state index contributed by atoms with van der Waals surface area (Å²) in [6.45, 7) is 1.66. The number of furan rings is 1. The Hall–Kier alpha value is -2.22. The van der Waals surface area contributed by atoms with Gasteiger partial charge < -0.3 is 14.8 Å². The number of halogens is 1. The second kappa shape index (κ2) is 6.29. The van der Waals surface area contributed by atoms with Crippen LogP contribution in [-0.4, -0.2) is 17.6 Å². The molecule has 1 amide bonds. The number of hydrogen-bond donors (Lipinski definition) is 2. The zero-order chi connectivity index (χ0) is 14.5. The summed E-state index contributed by atoms with van der Waals surface area (Å²) in [6.07, 6.45) is 0. The van der Waals surface area contributed by atoms with Crippen molar-refractivity contribution in [2.45, 2.75) is 6.92 Å². The smallest absolute Gasteiger partial charge is 0.291 e. The van der Waals surface area contributed by atoms with Crippen LogP contribution in [0, 0.1) is 18.8 Å². The van der Waals surface area contributed by atoms with E-state index in [0.717, 1.165) is 5.56 Å². The maximum atomic E-state index is 12.0. The van der Waals surface area contributed by atoms with E-state index < -0.39 is 0 Å². The Kier molecular flexibility index (Phi) is 4.46. The van der Waals surface area contributed by atoms with Gasteiger partial charge in [0.2, 0.25) is 0 Å². The predicted molar refractivity (Wildman–Crippen MR) is 76.8 cm³/mol. The van der Waals surface area contributed by atoms with Gasteiger partial charge in [-0.3, -0.25) is 4.79 Å². The zero-order valence-electron chi connectivity index (χ0n) is 10.7.